The summed E-state index contributed by atoms with van der Waals surface area (Å²) in [7, 11) is 2.23. The molecule has 2 nitrogen and oxygen atoms in total. The van der Waals surface area contributed by atoms with E-state index < -0.39 is 0 Å². The molecule has 15 heavy (non-hydrogen) atoms. The maximum absolute atomic E-state index is 5.58. The van der Waals surface area contributed by atoms with E-state index in [1.807, 2.05) is 0 Å². The molecule has 0 saturated carbocycles. The zero-order valence-electron chi connectivity index (χ0n) is 10.7. The molecule has 0 aromatic heterocycles. The molecule has 2 aliphatic heterocycles. The number of ether oxygens (including phenoxy) is 1. The molecule has 0 aromatic carbocycles. The molecular weight excluding hydrogens is 186 g/mol. The standard InChI is InChI=1S/C10H19NO.C3H8/c1-11-6-2-4-10(8-11)5-3-7-12-9-10;1-3-2/h2-9H2,1H3;3H2,1-2H3/t10-;/m1./s1. The van der Waals surface area contributed by atoms with Crippen molar-refractivity contribution < 1.29 is 4.74 Å². The molecule has 2 fully saturated rings. The zero-order chi connectivity index (χ0) is 11.1. The Balaban J connectivity index is 0.000000337. The van der Waals surface area contributed by atoms with Crippen LogP contribution in [-0.4, -0.2) is 38.3 Å². The topological polar surface area (TPSA) is 12.5 Å². The predicted octanol–water partition coefficient (Wildman–Crippen LogP) is 2.93. The van der Waals surface area contributed by atoms with Crippen molar-refractivity contribution in [3.63, 3.8) is 0 Å². The van der Waals surface area contributed by atoms with Crippen molar-refractivity contribution in [3.05, 3.63) is 0 Å². The van der Waals surface area contributed by atoms with Gasteiger partial charge in [-0.1, -0.05) is 20.3 Å². The van der Waals surface area contributed by atoms with Gasteiger partial charge in [-0.2, -0.15) is 0 Å². The van der Waals surface area contributed by atoms with Gasteiger partial charge in [0, 0.05) is 18.6 Å². The Morgan fingerprint density at radius 1 is 1.20 bits per heavy atom. The van der Waals surface area contributed by atoms with E-state index in [4.69, 9.17) is 4.74 Å². The summed E-state index contributed by atoms with van der Waals surface area (Å²) < 4.78 is 5.58. The first kappa shape index (κ1) is 13.0. The number of hydrogen-bond donors (Lipinski definition) is 0. The van der Waals surface area contributed by atoms with Crippen molar-refractivity contribution in [1.29, 1.82) is 0 Å². The number of likely N-dealkylation sites (tertiary alicyclic amines) is 1. The fraction of sp³-hybridized carbons (Fsp3) is 1.00. The molecular formula is C13H27NO. The summed E-state index contributed by atoms with van der Waals surface area (Å²) in [6.07, 6.45) is 6.66. The molecule has 2 aliphatic rings. The molecule has 0 amide bonds. The van der Waals surface area contributed by atoms with Gasteiger partial charge in [-0.3, -0.25) is 0 Å². The Morgan fingerprint density at radius 2 is 1.87 bits per heavy atom. The van der Waals surface area contributed by atoms with Crippen molar-refractivity contribution in [2.24, 2.45) is 5.41 Å². The first-order chi connectivity index (χ1) is 7.22. The van der Waals surface area contributed by atoms with Crippen LogP contribution in [0.3, 0.4) is 0 Å². The highest BCUT2D eigenvalue weighted by atomic mass is 16.5. The number of hydrogen-bond acceptors (Lipinski definition) is 2. The van der Waals surface area contributed by atoms with Gasteiger partial charge >= 0.3 is 0 Å². The third-order valence-corrected chi connectivity index (χ3v) is 3.26. The number of piperidine rings is 1. The molecule has 1 atom stereocenters. The van der Waals surface area contributed by atoms with Crippen LogP contribution in [0.15, 0.2) is 0 Å². The molecule has 2 heterocycles. The highest BCUT2D eigenvalue weighted by molar-refractivity contribution is 4.87. The lowest BCUT2D eigenvalue weighted by Crippen LogP contribution is -2.45. The van der Waals surface area contributed by atoms with Crippen LogP contribution in [0.1, 0.15) is 46.0 Å². The number of rotatable bonds is 0. The fourth-order valence-corrected chi connectivity index (χ4v) is 2.69. The van der Waals surface area contributed by atoms with Gasteiger partial charge in [-0.05, 0) is 39.3 Å². The molecule has 1 spiro atoms. The van der Waals surface area contributed by atoms with Crippen LogP contribution in [0, 0.1) is 5.41 Å². The normalized spacial score (nSPS) is 32.2. The SMILES string of the molecule is CCC.CN1CCC[C@@]2(CCCOC2)C1. The zero-order valence-corrected chi connectivity index (χ0v) is 10.7. The van der Waals surface area contributed by atoms with E-state index in [1.165, 1.54) is 45.2 Å². The van der Waals surface area contributed by atoms with Crippen LogP contribution >= 0.6 is 0 Å². The van der Waals surface area contributed by atoms with Crippen LogP contribution in [0.5, 0.6) is 0 Å². The van der Waals surface area contributed by atoms with E-state index in [0.29, 0.717) is 5.41 Å². The van der Waals surface area contributed by atoms with Crippen molar-refractivity contribution in [2.75, 3.05) is 33.4 Å². The van der Waals surface area contributed by atoms with Gasteiger partial charge in [0.15, 0.2) is 0 Å². The Morgan fingerprint density at radius 3 is 2.40 bits per heavy atom. The minimum atomic E-state index is 0.533. The smallest absolute Gasteiger partial charge is 0.0534 e. The molecule has 2 heteroatoms. The summed E-state index contributed by atoms with van der Waals surface area (Å²) in [5.74, 6) is 0. The largest absolute Gasteiger partial charge is 0.381 e. The number of nitrogens with zero attached hydrogens (tertiary/aromatic N) is 1. The van der Waals surface area contributed by atoms with Crippen molar-refractivity contribution in [1.82, 2.24) is 4.90 Å². The first-order valence-corrected chi connectivity index (χ1v) is 6.49. The van der Waals surface area contributed by atoms with Gasteiger partial charge in [0.05, 0.1) is 6.61 Å². The van der Waals surface area contributed by atoms with Crippen LogP contribution in [0.4, 0.5) is 0 Å². The first-order valence-electron chi connectivity index (χ1n) is 6.49. The van der Waals surface area contributed by atoms with Crippen molar-refractivity contribution >= 4 is 0 Å². The average Bonchev–Trinajstić information content (AvgIpc) is 2.19. The second-order valence-electron chi connectivity index (χ2n) is 5.20. The lowest BCUT2D eigenvalue weighted by atomic mass is 9.76. The maximum Gasteiger partial charge on any atom is 0.0534 e. The lowest BCUT2D eigenvalue weighted by Gasteiger charge is -2.43. The quantitative estimate of drug-likeness (QED) is 0.613. The molecule has 0 bridgehead atoms. The average molecular weight is 213 g/mol. The van der Waals surface area contributed by atoms with E-state index in [0.717, 1.165) is 13.2 Å². The summed E-state index contributed by atoms with van der Waals surface area (Å²) in [6, 6.07) is 0. The van der Waals surface area contributed by atoms with Crippen LogP contribution in [0.2, 0.25) is 0 Å². The van der Waals surface area contributed by atoms with Gasteiger partial charge in [0.1, 0.15) is 0 Å². The van der Waals surface area contributed by atoms with E-state index >= 15 is 0 Å². The molecule has 0 radical (unpaired) electrons. The Hall–Kier alpha value is -0.0800. The van der Waals surface area contributed by atoms with Gasteiger partial charge in [0.25, 0.3) is 0 Å². The summed E-state index contributed by atoms with van der Waals surface area (Å²) in [4.78, 5) is 2.46. The van der Waals surface area contributed by atoms with E-state index in [9.17, 15) is 0 Å². The lowest BCUT2D eigenvalue weighted by molar-refractivity contribution is -0.0438. The predicted molar refractivity (Wildman–Crippen MR) is 65.2 cm³/mol. The Labute approximate surface area is 95.0 Å². The van der Waals surface area contributed by atoms with E-state index in [2.05, 4.69) is 25.8 Å². The molecule has 90 valence electrons. The van der Waals surface area contributed by atoms with Gasteiger partial charge in [-0.15, -0.1) is 0 Å². The van der Waals surface area contributed by atoms with E-state index in [-0.39, 0.29) is 0 Å². The third-order valence-electron chi connectivity index (χ3n) is 3.26. The van der Waals surface area contributed by atoms with Crippen LogP contribution in [-0.2, 0) is 4.74 Å². The van der Waals surface area contributed by atoms with Crippen molar-refractivity contribution in [3.8, 4) is 0 Å². The third kappa shape index (κ3) is 4.12. The summed E-state index contributed by atoms with van der Waals surface area (Å²) in [6.45, 7) is 8.79. The second kappa shape index (κ2) is 6.49. The minimum Gasteiger partial charge on any atom is -0.381 e. The Bertz CT molecular complexity index is 158. The molecule has 0 aromatic rings. The molecule has 0 aliphatic carbocycles. The maximum atomic E-state index is 5.58. The molecule has 2 saturated heterocycles. The van der Waals surface area contributed by atoms with E-state index in [1.54, 1.807) is 0 Å². The second-order valence-corrected chi connectivity index (χ2v) is 5.20. The summed E-state index contributed by atoms with van der Waals surface area (Å²) >= 11 is 0. The molecule has 0 unspecified atom stereocenters. The van der Waals surface area contributed by atoms with Crippen LogP contribution in [0.25, 0.3) is 0 Å². The monoisotopic (exact) mass is 213 g/mol. The van der Waals surface area contributed by atoms with Crippen molar-refractivity contribution in [2.45, 2.75) is 46.0 Å². The highest BCUT2D eigenvalue weighted by Gasteiger charge is 2.35. The van der Waals surface area contributed by atoms with Gasteiger partial charge in [-0.25, -0.2) is 0 Å². The summed E-state index contributed by atoms with van der Waals surface area (Å²) in [5.41, 5.74) is 0.533. The van der Waals surface area contributed by atoms with Gasteiger partial charge < -0.3 is 9.64 Å². The van der Waals surface area contributed by atoms with Crippen LogP contribution < -0.4 is 0 Å². The highest BCUT2D eigenvalue weighted by Crippen LogP contribution is 2.36. The minimum absolute atomic E-state index is 0.533. The summed E-state index contributed by atoms with van der Waals surface area (Å²) in [5, 5.41) is 0. The Kier molecular flexibility index (Phi) is 5.62. The van der Waals surface area contributed by atoms with Gasteiger partial charge in [0.2, 0.25) is 0 Å². The fourth-order valence-electron chi connectivity index (χ4n) is 2.69. The molecule has 0 N–H and O–H groups in total. The molecule has 2 rings (SSSR count).